The van der Waals surface area contributed by atoms with E-state index in [4.69, 9.17) is 14.2 Å². The van der Waals surface area contributed by atoms with E-state index in [0.717, 1.165) is 70.6 Å². The molecule has 0 N–H and O–H groups in total. The van der Waals surface area contributed by atoms with Gasteiger partial charge in [0.2, 0.25) is 0 Å². The Bertz CT molecular complexity index is 1270. The molecule has 0 amide bonds. The van der Waals surface area contributed by atoms with Crippen LogP contribution in [0, 0.1) is 0 Å². The third kappa shape index (κ3) is 60.1. The van der Waals surface area contributed by atoms with Gasteiger partial charge in [-0.15, -0.1) is 0 Å². The molecule has 0 saturated heterocycles. The predicted molar refractivity (Wildman–Crippen MR) is 316 cm³/mol. The molecule has 0 fully saturated rings. The van der Waals surface area contributed by atoms with Crippen molar-refractivity contribution in [3.63, 3.8) is 0 Å². The summed E-state index contributed by atoms with van der Waals surface area (Å²) in [6.45, 7) is 6.66. The molecule has 0 heterocycles. The van der Waals surface area contributed by atoms with Gasteiger partial charge in [0.05, 0.1) is 0 Å². The Morgan fingerprint density at radius 2 is 0.493 bits per heavy atom. The first-order chi connectivity index (χ1) is 36.0. The van der Waals surface area contributed by atoms with Crippen molar-refractivity contribution in [2.45, 2.75) is 348 Å². The maximum absolute atomic E-state index is 12.9. The maximum atomic E-state index is 12.9. The minimum atomic E-state index is -0.779. The molecule has 6 heteroatoms. The van der Waals surface area contributed by atoms with Crippen molar-refractivity contribution in [1.29, 1.82) is 0 Å². The first-order valence-corrected chi connectivity index (χ1v) is 32.1. The van der Waals surface area contributed by atoms with Gasteiger partial charge in [0.15, 0.2) is 6.10 Å². The molecule has 0 aliphatic heterocycles. The topological polar surface area (TPSA) is 78.9 Å². The van der Waals surface area contributed by atoms with Crippen LogP contribution in [0.15, 0.2) is 48.6 Å². The molecule has 0 saturated carbocycles. The molecule has 0 rings (SSSR count). The summed E-state index contributed by atoms with van der Waals surface area (Å²) in [4.78, 5) is 38.3. The van der Waals surface area contributed by atoms with Gasteiger partial charge in [-0.05, 0) is 103 Å². The lowest BCUT2D eigenvalue weighted by Gasteiger charge is -2.18. The number of allylic oxidation sites excluding steroid dienone is 8. The van der Waals surface area contributed by atoms with Crippen molar-refractivity contribution >= 4 is 17.9 Å². The van der Waals surface area contributed by atoms with E-state index in [9.17, 15) is 14.4 Å². The maximum Gasteiger partial charge on any atom is 0.306 e. The zero-order valence-corrected chi connectivity index (χ0v) is 48.9. The van der Waals surface area contributed by atoms with Gasteiger partial charge in [-0.3, -0.25) is 14.4 Å². The van der Waals surface area contributed by atoms with Gasteiger partial charge in [0, 0.05) is 19.3 Å². The minimum absolute atomic E-state index is 0.0766. The first-order valence-electron chi connectivity index (χ1n) is 32.1. The van der Waals surface area contributed by atoms with Gasteiger partial charge in [0.25, 0.3) is 0 Å². The van der Waals surface area contributed by atoms with Crippen LogP contribution < -0.4 is 0 Å². The fourth-order valence-electron chi connectivity index (χ4n) is 9.41. The average Bonchev–Trinajstić information content (AvgIpc) is 3.39. The molecule has 0 aliphatic carbocycles. The number of hydrogen-bond donors (Lipinski definition) is 0. The lowest BCUT2D eigenvalue weighted by atomic mass is 10.1. The summed E-state index contributed by atoms with van der Waals surface area (Å²) >= 11 is 0. The Kier molecular flexibility index (Phi) is 59.7. The lowest BCUT2D eigenvalue weighted by Crippen LogP contribution is -2.30. The third-order valence-electron chi connectivity index (χ3n) is 14.3. The fraction of sp³-hybridized carbons (Fsp3) is 0.836. The van der Waals surface area contributed by atoms with Gasteiger partial charge in [-0.2, -0.15) is 0 Å². The van der Waals surface area contributed by atoms with Crippen LogP contribution in [0.25, 0.3) is 0 Å². The summed E-state index contributed by atoms with van der Waals surface area (Å²) in [6.07, 6.45) is 76.8. The molecule has 0 aromatic rings. The largest absolute Gasteiger partial charge is 0.462 e. The molecule has 1 unspecified atom stereocenters. The van der Waals surface area contributed by atoms with E-state index in [0.29, 0.717) is 19.3 Å². The van der Waals surface area contributed by atoms with Crippen LogP contribution in [-0.2, 0) is 28.6 Å². The van der Waals surface area contributed by atoms with Crippen molar-refractivity contribution in [3.05, 3.63) is 48.6 Å². The highest BCUT2D eigenvalue weighted by molar-refractivity contribution is 5.71. The van der Waals surface area contributed by atoms with Crippen LogP contribution in [-0.4, -0.2) is 37.2 Å². The predicted octanol–water partition coefficient (Wildman–Crippen LogP) is 21.8. The quantitative estimate of drug-likeness (QED) is 0.0261. The number of ether oxygens (including phenoxy) is 3. The molecule has 0 spiro atoms. The Morgan fingerprint density at radius 3 is 0.767 bits per heavy atom. The number of esters is 3. The summed E-state index contributed by atoms with van der Waals surface area (Å²) in [6, 6.07) is 0. The molecule has 6 nitrogen and oxygen atoms in total. The number of carbonyl (C=O) groups excluding carboxylic acids is 3. The number of unbranched alkanes of at least 4 members (excludes halogenated alkanes) is 40. The minimum Gasteiger partial charge on any atom is -0.462 e. The number of hydrogen-bond acceptors (Lipinski definition) is 6. The van der Waals surface area contributed by atoms with E-state index < -0.39 is 6.10 Å². The monoisotopic (exact) mass is 1020 g/mol. The van der Waals surface area contributed by atoms with Crippen LogP contribution in [0.2, 0.25) is 0 Å². The second kappa shape index (κ2) is 61.9. The molecule has 0 bridgehead atoms. The van der Waals surface area contributed by atoms with E-state index >= 15 is 0 Å². The van der Waals surface area contributed by atoms with Gasteiger partial charge in [0.1, 0.15) is 13.2 Å². The first kappa shape index (κ1) is 70.4. The summed E-state index contributed by atoms with van der Waals surface area (Å²) in [5.41, 5.74) is 0. The van der Waals surface area contributed by atoms with Gasteiger partial charge >= 0.3 is 17.9 Å². The van der Waals surface area contributed by atoms with E-state index in [1.54, 1.807) is 0 Å². The summed E-state index contributed by atoms with van der Waals surface area (Å²) in [5.74, 6) is -0.872. The summed E-state index contributed by atoms with van der Waals surface area (Å²) in [5, 5.41) is 0. The molecule has 73 heavy (non-hydrogen) atoms. The summed E-state index contributed by atoms with van der Waals surface area (Å²) < 4.78 is 16.9. The molecule has 0 aromatic carbocycles. The normalized spacial score (nSPS) is 12.3. The summed E-state index contributed by atoms with van der Waals surface area (Å²) in [7, 11) is 0. The number of rotatable bonds is 59. The van der Waals surface area contributed by atoms with Gasteiger partial charge < -0.3 is 14.2 Å². The Labute approximate surface area is 454 Å². The van der Waals surface area contributed by atoms with Crippen LogP contribution in [0.5, 0.6) is 0 Å². The van der Waals surface area contributed by atoms with Crippen molar-refractivity contribution in [2.24, 2.45) is 0 Å². The Balaban J connectivity index is 4.35. The van der Waals surface area contributed by atoms with Crippen molar-refractivity contribution in [1.82, 2.24) is 0 Å². The molecule has 426 valence electrons. The van der Waals surface area contributed by atoms with Crippen molar-refractivity contribution in [2.75, 3.05) is 13.2 Å². The highest BCUT2D eigenvalue weighted by Gasteiger charge is 2.19. The Morgan fingerprint density at radius 1 is 0.274 bits per heavy atom. The molecule has 0 radical (unpaired) electrons. The van der Waals surface area contributed by atoms with E-state index in [-0.39, 0.29) is 31.1 Å². The average molecular weight is 1020 g/mol. The smallest absolute Gasteiger partial charge is 0.306 e. The molecule has 0 aromatic heterocycles. The second-order valence-corrected chi connectivity index (χ2v) is 21.7. The molecular weight excluding hydrogens is 901 g/mol. The van der Waals surface area contributed by atoms with Gasteiger partial charge in [-0.1, -0.05) is 268 Å². The van der Waals surface area contributed by atoms with Crippen LogP contribution in [0.4, 0.5) is 0 Å². The lowest BCUT2D eigenvalue weighted by molar-refractivity contribution is -0.167. The molecular formula is C67H122O6. The molecule has 0 aliphatic rings. The van der Waals surface area contributed by atoms with E-state index in [2.05, 4.69) is 69.4 Å². The van der Waals surface area contributed by atoms with Crippen LogP contribution >= 0.6 is 0 Å². The Hall–Kier alpha value is -2.63. The second-order valence-electron chi connectivity index (χ2n) is 21.7. The highest BCUT2D eigenvalue weighted by Crippen LogP contribution is 2.16. The zero-order chi connectivity index (χ0) is 52.9. The van der Waals surface area contributed by atoms with E-state index in [1.807, 2.05) is 0 Å². The molecule has 1 atom stereocenters. The zero-order valence-electron chi connectivity index (χ0n) is 48.9. The highest BCUT2D eigenvalue weighted by atomic mass is 16.6. The van der Waals surface area contributed by atoms with Crippen LogP contribution in [0.1, 0.15) is 342 Å². The van der Waals surface area contributed by atoms with Crippen LogP contribution in [0.3, 0.4) is 0 Å². The fourth-order valence-corrected chi connectivity index (χ4v) is 9.41. The standard InChI is InChI=1S/C67H122O6/c1-4-7-10-13-16-19-22-25-28-30-32-33-35-36-39-42-45-48-51-54-57-60-66(69)72-63-64(62-71-65(68)59-56-53-50-47-44-41-38-27-24-21-18-15-12-9-6-3)73-67(70)61-58-55-52-49-46-43-40-37-34-31-29-26-23-20-17-14-11-8-5-2/h22,25-27,29-30,32,38,64H,4-21,23-24,28,31,33-37,39-63H2,1-3H3/b25-22-,29-26-,32-30-,38-27-. The third-order valence-corrected chi connectivity index (χ3v) is 14.3. The van der Waals surface area contributed by atoms with E-state index in [1.165, 1.54) is 231 Å². The SMILES string of the molecule is CCCCCCC/C=C\C/C=C\CCCCCCCCCCCC(=O)OCC(COC(=O)CCCCCCC/C=C\CCCCCCCC)OC(=O)CCCCCCCCCCC/C=C\CCCCCCCC. The van der Waals surface area contributed by atoms with Gasteiger partial charge in [-0.25, -0.2) is 0 Å². The van der Waals surface area contributed by atoms with Crippen molar-refractivity contribution < 1.29 is 28.6 Å². The number of carbonyl (C=O) groups is 3. The van der Waals surface area contributed by atoms with Crippen molar-refractivity contribution in [3.8, 4) is 0 Å².